The van der Waals surface area contributed by atoms with E-state index in [9.17, 15) is 19.8 Å². The number of likely N-dealkylation sites (tertiary alicyclic amines) is 1. The number of aliphatic hydroxyl groups is 1. The van der Waals surface area contributed by atoms with E-state index >= 15 is 0 Å². The topological polar surface area (TPSA) is 87.1 Å². The van der Waals surface area contributed by atoms with Crippen molar-refractivity contribution in [2.24, 2.45) is 0 Å². The van der Waals surface area contributed by atoms with Gasteiger partial charge < -0.3 is 19.8 Å². The lowest BCUT2D eigenvalue weighted by Crippen LogP contribution is -2.36. The molecule has 2 aromatic rings. The Balaban J connectivity index is 1.81. The highest BCUT2D eigenvalue weighted by Crippen LogP contribution is 2.40. The summed E-state index contributed by atoms with van der Waals surface area (Å²) in [5.74, 6) is -1.60. The van der Waals surface area contributed by atoms with Crippen LogP contribution < -0.4 is 0 Å². The van der Waals surface area contributed by atoms with Crippen LogP contribution in [0.5, 0.6) is 5.75 Å². The summed E-state index contributed by atoms with van der Waals surface area (Å²) in [6.45, 7) is 0.886. The monoisotopic (exact) mass is 413 g/mol. The van der Waals surface area contributed by atoms with Crippen molar-refractivity contribution in [3.8, 4) is 5.75 Å². The number of hydrogen-bond acceptors (Lipinski definition) is 5. The maximum atomic E-state index is 12.9. The molecule has 2 unspecified atom stereocenters. The van der Waals surface area contributed by atoms with Crippen LogP contribution in [-0.2, 0) is 14.3 Å². The van der Waals surface area contributed by atoms with Crippen LogP contribution in [0.3, 0.4) is 0 Å². The van der Waals surface area contributed by atoms with E-state index in [1.807, 2.05) is 0 Å². The second-order valence-corrected chi connectivity index (χ2v) is 7.62. The first-order valence-electron chi connectivity index (χ1n) is 9.40. The molecule has 2 saturated heterocycles. The number of hydrogen-bond donors (Lipinski definition) is 2. The molecule has 1 amide bonds. The second-order valence-electron chi connectivity index (χ2n) is 7.18. The first-order valence-corrected chi connectivity index (χ1v) is 9.78. The molecule has 0 aromatic heterocycles. The number of nitrogens with zero attached hydrogens (tertiary/aromatic N) is 1. The minimum Gasteiger partial charge on any atom is -0.508 e. The third-order valence-electron chi connectivity index (χ3n) is 5.29. The summed E-state index contributed by atoms with van der Waals surface area (Å²) in [6.07, 6.45) is 1.56. The Morgan fingerprint density at radius 1 is 1.10 bits per heavy atom. The zero-order chi connectivity index (χ0) is 20.5. The Kier molecular flexibility index (Phi) is 5.30. The number of halogens is 1. The summed E-state index contributed by atoms with van der Waals surface area (Å²) in [4.78, 5) is 27.2. The molecule has 6 nitrogen and oxygen atoms in total. The van der Waals surface area contributed by atoms with E-state index in [0.717, 1.165) is 12.8 Å². The highest BCUT2D eigenvalue weighted by Gasteiger charge is 2.47. The van der Waals surface area contributed by atoms with E-state index in [-0.39, 0.29) is 29.7 Å². The number of phenolic OH excluding ortho intramolecular Hbond substituents is 1. The van der Waals surface area contributed by atoms with Crippen molar-refractivity contribution in [1.82, 2.24) is 4.90 Å². The van der Waals surface area contributed by atoms with Crippen LogP contribution in [0.1, 0.15) is 30.0 Å². The molecule has 7 heteroatoms. The fraction of sp³-hybridized carbons (Fsp3) is 0.273. The van der Waals surface area contributed by atoms with Crippen LogP contribution in [0, 0.1) is 0 Å². The van der Waals surface area contributed by atoms with Gasteiger partial charge in [0.25, 0.3) is 11.7 Å². The molecule has 0 bridgehead atoms. The van der Waals surface area contributed by atoms with Gasteiger partial charge in [0.15, 0.2) is 0 Å². The molecule has 2 atom stereocenters. The minimum atomic E-state index is -0.768. The number of rotatable bonds is 4. The molecule has 2 fully saturated rings. The summed E-state index contributed by atoms with van der Waals surface area (Å²) >= 11 is 5.92. The highest BCUT2D eigenvalue weighted by molar-refractivity contribution is 6.46. The Hall–Kier alpha value is -2.83. The SMILES string of the molecule is O=C1C(=O)N(CC2CCCO2)C(c2ccc(O)cc2)C1=C(O)c1ccc(Cl)cc1. The number of amides is 1. The van der Waals surface area contributed by atoms with Crippen molar-refractivity contribution in [3.63, 3.8) is 0 Å². The zero-order valence-electron chi connectivity index (χ0n) is 15.5. The van der Waals surface area contributed by atoms with Crippen LogP contribution in [0.25, 0.3) is 5.76 Å². The fourth-order valence-corrected chi connectivity index (χ4v) is 3.97. The molecule has 29 heavy (non-hydrogen) atoms. The first kappa shape index (κ1) is 19.5. The molecule has 2 N–H and O–H groups in total. The predicted octanol–water partition coefficient (Wildman–Crippen LogP) is 3.65. The summed E-state index contributed by atoms with van der Waals surface area (Å²) < 4.78 is 5.66. The molecular weight excluding hydrogens is 394 g/mol. The highest BCUT2D eigenvalue weighted by atomic mass is 35.5. The predicted molar refractivity (Wildman–Crippen MR) is 108 cm³/mol. The lowest BCUT2D eigenvalue weighted by Gasteiger charge is -2.27. The molecule has 4 rings (SSSR count). The number of ketones is 1. The molecule has 2 heterocycles. The largest absolute Gasteiger partial charge is 0.508 e. The normalized spacial score (nSPS) is 23.7. The van der Waals surface area contributed by atoms with Gasteiger partial charge in [-0.05, 0) is 54.8 Å². The van der Waals surface area contributed by atoms with E-state index in [4.69, 9.17) is 16.3 Å². The molecule has 150 valence electrons. The minimum absolute atomic E-state index is 0.0148. The molecule has 2 aromatic carbocycles. The molecule has 2 aliphatic rings. The van der Waals surface area contributed by atoms with E-state index in [1.165, 1.54) is 17.0 Å². The van der Waals surface area contributed by atoms with Crippen molar-refractivity contribution >= 4 is 29.1 Å². The summed E-state index contributed by atoms with van der Waals surface area (Å²) in [6, 6.07) is 11.9. The van der Waals surface area contributed by atoms with Gasteiger partial charge in [0.1, 0.15) is 11.5 Å². The van der Waals surface area contributed by atoms with Gasteiger partial charge in [-0.1, -0.05) is 23.7 Å². The van der Waals surface area contributed by atoms with Gasteiger partial charge in [-0.3, -0.25) is 9.59 Å². The number of Topliss-reactive ketones (excluding diaryl/α,β-unsaturated/α-hetero) is 1. The van der Waals surface area contributed by atoms with Gasteiger partial charge >= 0.3 is 0 Å². The first-order chi connectivity index (χ1) is 14.0. The quantitative estimate of drug-likeness (QED) is 0.454. The van der Waals surface area contributed by atoms with Gasteiger partial charge in [-0.25, -0.2) is 0 Å². The average molecular weight is 414 g/mol. The molecule has 0 aliphatic carbocycles. The number of ether oxygens (including phenoxy) is 1. The zero-order valence-corrected chi connectivity index (χ0v) is 16.3. The molecule has 0 saturated carbocycles. The number of carbonyl (C=O) groups is 2. The van der Waals surface area contributed by atoms with Gasteiger partial charge in [0, 0.05) is 23.7 Å². The smallest absolute Gasteiger partial charge is 0.295 e. The van der Waals surface area contributed by atoms with Crippen LogP contribution in [0.15, 0.2) is 54.1 Å². The number of aromatic hydroxyl groups is 1. The van der Waals surface area contributed by atoms with Crippen LogP contribution in [0.4, 0.5) is 0 Å². The summed E-state index contributed by atoms with van der Waals surface area (Å²) in [5.41, 5.74) is 1.03. The average Bonchev–Trinajstić information content (AvgIpc) is 3.31. The standard InChI is InChI=1S/C22H20ClNO5/c23-15-7-3-14(4-8-15)20(26)18-19(13-5-9-16(25)10-6-13)24(22(28)21(18)27)12-17-2-1-11-29-17/h3-10,17,19,25-26H,1-2,11-12H2. The molecule has 2 aliphatic heterocycles. The molecular formula is C22H20ClNO5. The van der Waals surface area contributed by atoms with E-state index in [1.54, 1.807) is 36.4 Å². The Bertz CT molecular complexity index is 962. The summed E-state index contributed by atoms with van der Waals surface area (Å²) in [7, 11) is 0. The number of aliphatic hydroxyl groups excluding tert-OH is 1. The molecule has 0 spiro atoms. The third-order valence-corrected chi connectivity index (χ3v) is 5.54. The maximum Gasteiger partial charge on any atom is 0.295 e. The van der Waals surface area contributed by atoms with Crippen LogP contribution in [-0.4, -0.2) is 46.1 Å². The Morgan fingerprint density at radius 3 is 2.41 bits per heavy atom. The lowest BCUT2D eigenvalue weighted by molar-refractivity contribution is -0.140. The van der Waals surface area contributed by atoms with Gasteiger partial charge in [-0.15, -0.1) is 0 Å². The van der Waals surface area contributed by atoms with Crippen molar-refractivity contribution < 1.29 is 24.5 Å². The van der Waals surface area contributed by atoms with Crippen LogP contribution in [0.2, 0.25) is 5.02 Å². The van der Waals surface area contributed by atoms with Crippen molar-refractivity contribution in [2.75, 3.05) is 13.2 Å². The number of benzene rings is 2. The van der Waals surface area contributed by atoms with Crippen molar-refractivity contribution in [3.05, 3.63) is 70.3 Å². The van der Waals surface area contributed by atoms with E-state index in [2.05, 4.69) is 0 Å². The fourth-order valence-electron chi connectivity index (χ4n) is 3.84. The van der Waals surface area contributed by atoms with Crippen molar-refractivity contribution in [2.45, 2.75) is 25.0 Å². The number of carbonyl (C=O) groups excluding carboxylic acids is 2. The van der Waals surface area contributed by atoms with E-state index in [0.29, 0.717) is 22.8 Å². The third kappa shape index (κ3) is 3.73. The van der Waals surface area contributed by atoms with Crippen molar-refractivity contribution in [1.29, 1.82) is 0 Å². The second kappa shape index (κ2) is 7.89. The van der Waals surface area contributed by atoms with E-state index < -0.39 is 17.7 Å². The number of phenols is 1. The molecule has 0 radical (unpaired) electrons. The van der Waals surface area contributed by atoms with Crippen LogP contribution >= 0.6 is 11.6 Å². The Morgan fingerprint density at radius 2 is 1.79 bits per heavy atom. The Labute approximate surface area is 173 Å². The van der Waals surface area contributed by atoms with Gasteiger partial charge in [-0.2, -0.15) is 0 Å². The maximum absolute atomic E-state index is 12.9. The lowest BCUT2D eigenvalue weighted by atomic mass is 9.95. The summed E-state index contributed by atoms with van der Waals surface area (Å²) in [5, 5.41) is 21.1. The van der Waals surface area contributed by atoms with Gasteiger partial charge in [0.2, 0.25) is 0 Å². The van der Waals surface area contributed by atoms with Gasteiger partial charge in [0.05, 0.1) is 17.7 Å².